The van der Waals surface area contributed by atoms with Crippen molar-refractivity contribution < 1.29 is 4.74 Å². The molecule has 1 saturated heterocycles. The molecule has 1 aliphatic rings. The lowest BCUT2D eigenvalue weighted by atomic mass is 10.1. The van der Waals surface area contributed by atoms with Gasteiger partial charge in [0.25, 0.3) is 0 Å². The van der Waals surface area contributed by atoms with Crippen LogP contribution in [0.1, 0.15) is 38.0 Å². The third kappa shape index (κ3) is 2.39. The van der Waals surface area contributed by atoms with Gasteiger partial charge in [0.1, 0.15) is 5.72 Å². The van der Waals surface area contributed by atoms with E-state index >= 15 is 0 Å². The van der Waals surface area contributed by atoms with Gasteiger partial charge in [0, 0.05) is 6.54 Å². The molecule has 82 valence electrons. The summed E-state index contributed by atoms with van der Waals surface area (Å²) in [6, 6.07) is 8.72. The summed E-state index contributed by atoms with van der Waals surface area (Å²) in [6.07, 6.45) is 1.29. The summed E-state index contributed by atoms with van der Waals surface area (Å²) in [5.41, 5.74) is 2.46. The number of rotatable bonds is 2. The second kappa shape index (κ2) is 3.95. The Balaban J connectivity index is 2.11. The van der Waals surface area contributed by atoms with Gasteiger partial charge in [0.05, 0.1) is 6.10 Å². The molecule has 2 nitrogen and oxygen atoms in total. The molecule has 0 aromatic heterocycles. The second-order valence-corrected chi connectivity index (χ2v) is 4.59. The number of aryl methyl sites for hydroxylation is 1. The van der Waals surface area contributed by atoms with Gasteiger partial charge in [-0.1, -0.05) is 31.2 Å². The van der Waals surface area contributed by atoms with Crippen LogP contribution in [0.4, 0.5) is 0 Å². The standard InChI is InChI=1S/C13H19NO/c1-4-10-5-7-11(8-6-10)12-9-14-13(2,3)15-12/h5-8,12,14H,4,9H2,1-3H3. The maximum absolute atomic E-state index is 5.90. The Morgan fingerprint density at radius 3 is 2.47 bits per heavy atom. The van der Waals surface area contributed by atoms with Crippen LogP contribution in [0.5, 0.6) is 0 Å². The number of hydrogen-bond acceptors (Lipinski definition) is 2. The quantitative estimate of drug-likeness (QED) is 0.801. The Hall–Kier alpha value is -0.860. The molecular weight excluding hydrogens is 186 g/mol. The number of nitrogens with one attached hydrogen (secondary N) is 1. The van der Waals surface area contributed by atoms with Crippen molar-refractivity contribution in [1.82, 2.24) is 5.32 Å². The van der Waals surface area contributed by atoms with Gasteiger partial charge in [-0.2, -0.15) is 0 Å². The first-order valence-electron chi connectivity index (χ1n) is 5.62. The molecule has 1 atom stereocenters. The summed E-state index contributed by atoms with van der Waals surface area (Å²) in [5, 5.41) is 3.35. The molecule has 1 aliphatic heterocycles. The van der Waals surface area contributed by atoms with Crippen molar-refractivity contribution in [2.24, 2.45) is 0 Å². The number of hydrogen-bond donors (Lipinski definition) is 1. The lowest BCUT2D eigenvalue weighted by molar-refractivity contribution is -0.0241. The molecule has 1 fully saturated rings. The third-order valence-corrected chi connectivity index (χ3v) is 2.91. The van der Waals surface area contributed by atoms with E-state index < -0.39 is 0 Å². The number of ether oxygens (including phenoxy) is 1. The van der Waals surface area contributed by atoms with E-state index in [0.29, 0.717) is 0 Å². The zero-order valence-corrected chi connectivity index (χ0v) is 9.71. The highest BCUT2D eigenvalue weighted by Gasteiger charge is 2.31. The van der Waals surface area contributed by atoms with E-state index in [1.165, 1.54) is 11.1 Å². The van der Waals surface area contributed by atoms with Crippen LogP contribution < -0.4 is 5.32 Å². The second-order valence-electron chi connectivity index (χ2n) is 4.59. The average Bonchev–Trinajstić information content (AvgIpc) is 2.59. The van der Waals surface area contributed by atoms with E-state index in [1.54, 1.807) is 0 Å². The van der Waals surface area contributed by atoms with Crippen molar-refractivity contribution >= 4 is 0 Å². The fraction of sp³-hybridized carbons (Fsp3) is 0.538. The van der Waals surface area contributed by atoms with Crippen LogP contribution in [0.2, 0.25) is 0 Å². The summed E-state index contributed by atoms with van der Waals surface area (Å²) in [7, 11) is 0. The SMILES string of the molecule is CCc1ccc(C2CNC(C)(C)O2)cc1. The minimum Gasteiger partial charge on any atom is -0.352 e. The molecule has 1 aromatic rings. The minimum absolute atomic E-state index is 0.186. The molecule has 1 heterocycles. The smallest absolute Gasteiger partial charge is 0.114 e. The van der Waals surface area contributed by atoms with Gasteiger partial charge < -0.3 is 4.74 Å². The molecule has 1 unspecified atom stereocenters. The average molecular weight is 205 g/mol. The van der Waals surface area contributed by atoms with E-state index in [1.807, 2.05) is 0 Å². The molecule has 1 aromatic carbocycles. The topological polar surface area (TPSA) is 21.3 Å². The Morgan fingerprint density at radius 2 is 2.00 bits per heavy atom. The fourth-order valence-electron chi connectivity index (χ4n) is 1.93. The first kappa shape index (κ1) is 10.7. The molecular formula is C13H19NO. The highest BCUT2D eigenvalue weighted by atomic mass is 16.5. The molecule has 2 heteroatoms. The van der Waals surface area contributed by atoms with Crippen molar-refractivity contribution in [3.63, 3.8) is 0 Å². The Morgan fingerprint density at radius 1 is 1.33 bits per heavy atom. The van der Waals surface area contributed by atoms with Gasteiger partial charge in [0.15, 0.2) is 0 Å². The molecule has 0 spiro atoms. The monoisotopic (exact) mass is 205 g/mol. The van der Waals surface area contributed by atoms with Crippen LogP contribution >= 0.6 is 0 Å². The van der Waals surface area contributed by atoms with Gasteiger partial charge in [-0.25, -0.2) is 0 Å². The van der Waals surface area contributed by atoms with E-state index in [4.69, 9.17) is 4.74 Å². The van der Waals surface area contributed by atoms with Gasteiger partial charge in [-0.15, -0.1) is 0 Å². The van der Waals surface area contributed by atoms with Gasteiger partial charge in [0.2, 0.25) is 0 Å². The van der Waals surface area contributed by atoms with Crippen molar-refractivity contribution in [2.75, 3.05) is 6.54 Å². The molecule has 0 bridgehead atoms. The fourth-order valence-corrected chi connectivity index (χ4v) is 1.93. The molecule has 2 rings (SSSR count). The van der Waals surface area contributed by atoms with Crippen LogP contribution in [0.15, 0.2) is 24.3 Å². The van der Waals surface area contributed by atoms with Crippen molar-refractivity contribution in [3.8, 4) is 0 Å². The van der Waals surface area contributed by atoms with Crippen LogP contribution in [0, 0.1) is 0 Å². The van der Waals surface area contributed by atoms with Crippen LogP contribution in [-0.4, -0.2) is 12.3 Å². The maximum atomic E-state index is 5.90. The Bertz CT molecular complexity index is 329. The summed E-state index contributed by atoms with van der Waals surface area (Å²) >= 11 is 0. The summed E-state index contributed by atoms with van der Waals surface area (Å²) < 4.78 is 5.90. The van der Waals surface area contributed by atoms with E-state index in [0.717, 1.165) is 13.0 Å². The lowest BCUT2D eigenvalue weighted by Gasteiger charge is -2.18. The van der Waals surface area contributed by atoms with E-state index in [9.17, 15) is 0 Å². The van der Waals surface area contributed by atoms with Crippen molar-refractivity contribution in [1.29, 1.82) is 0 Å². The summed E-state index contributed by atoms with van der Waals surface area (Å²) in [6.45, 7) is 7.20. The minimum atomic E-state index is -0.186. The molecule has 0 radical (unpaired) electrons. The Kier molecular flexibility index (Phi) is 2.81. The van der Waals surface area contributed by atoms with Crippen LogP contribution in [0.3, 0.4) is 0 Å². The first-order chi connectivity index (χ1) is 7.11. The van der Waals surface area contributed by atoms with Crippen LogP contribution in [0.25, 0.3) is 0 Å². The molecule has 15 heavy (non-hydrogen) atoms. The van der Waals surface area contributed by atoms with E-state index in [-0.39, 0.29) is 11.8 Å². The predicted molar refractivity (Wildman–Crippen MR) is 61.7 cm³/mol. The molecule has 0 amide bonds. The maximum Gasteiger partial charge on any atom is 0.114 e. The lowest BCUT2D eigenvalue weighted by Crippen LogP contribution is -2.33. The van der Waals surface area contributed by atoms with Crippen molar-refractivity contribution in [2.45, 2.75) is 39.0 Å². The largest absolute Gasteiger partial charge is 0.352 e. The number of benzene rings is 1. The molecule has 0 aliphatic carbocycles. The summed E-state index contributed by atoms with van der Waals surface area (Å²) in [4.78, 5) is 0. The molecule has 1 N–H and O–H groups in total. The zero-order valence-electron chi connectivity index (χ0n) is 9.71. The molecule has 0 saturated carbocycles. The van der Waals surface area contributed by atoms with E-state index in [2.05, 4.69) is 50.4 Å². The highest BCUT2D eigenvalue weighted by molar-refractivity contribution is 5.25. The van der Waals surface area contributed by atoms with Gasteiger partial charge >= 0.3 is 0 Å². The van der Waals surface area contributed by atoms with Crippen LogP contribution in [-0.2, 0) is 11.2 Å². The normalized spacial score (nSPS) is 24.3. The summed E-state index contributed by atoms with van der Waals surface area (Å²) in [5.74, 6) is 0. The first-order valence-corrected chi connectivity index (χ1v) is 5.62. The van der Waals surface area contributed by atoms with Gasteiger partial charge in [-0.05, 0) is 31.4 Å². The Labute approximate surface area is 91.6 Å². The van der Waals surface area contributed by atoms with Crippen molar-refractivity contribution in [3.05, 3.63) is 35.4 Å². The highest BCUT2D eigenvalue weighted by Crippen LogP contribution is 2.28. The zero-order chi connectivity index (χ0) is 10.9. The third-order valence-electron chi connectivity index (χ3n) is 2.91. The van der Waals surface area contributed by atoms with Gasteiger partial charge in [-0.3, -0.25) is 5.32 Å². The predicted octanol–water partition coefficient (Wildman–Crippen LogP) is 2.65.